The average molecular weight is 601 g/mol. The molecule has 0 spiro atoms. The third-order valence-corrected chi connectivity index (χ3v) is 5.76. The van der Waals surface area contributed by atoms with Gasteiger partial charge in [0, 0.05) is 35.0 Å². The molecule has 1 aliphatic heterocycles. The summed E-state index contributed by atoms with van der Waals surface area (Å²) in [5.74, 6) is -0.0575. The first kappa shape index (κ1) is 35.2. The Hall–Kier alpha value is -3.79. The number of amides is 2. The van der Waals surface area contributed by atoms with Crippen molar-refractivity contribution in [3.63, 3.8) is 0 Å². The van der Waals surface area contributed by atoms with E-state index in [1.54, 1.807) is 24.4 Å². The number of halogens is 2. The minimum atomic E-state index is -0.104. The fourth-order valence-electron chi connectivity index (χ4n) is 3.35. The number of hydrogen-bond donors (Lipinski definition) is 5. The molecule has 0 saturated carbocycles. The highest BCUT2D eigenvalue weighted by Crippen LogP contribution is 2.31. The Labute approximate surface area is 250 Å². The molecular formula is C31H35Cl2N3O5. The second kappa shape index (κ2) is 22.0. The predicted molar refractivity (Wildman–Crippen MR) is 162 cm³/mol. The number of rotatable bonds is 4. The van der Waals surface area contributed by atoms with Crippen LogP contribution in [0.4, 0.5) is 0 Å². The molecule has 5 rings (SSSR count). The monoisotopic (exact) mass is 599 g/mol. The molecular weight excluding hydrogens is 565 g/mol. The van der Waals surface area contributed by atoms with Crippen molar-refractivity contribution in [1.82, 2.24) is 10.3 Å². The lowest BCUT2D eigenvalue weighted by Crippen LogP contribution is -2.35. The van der Waals surface area contributed by atoms with Crippen LogP contribution in [0.5, 0.6) is 0 Å². The molecule has 2 amide bonds. The Morgan fingerprint density at radius 2 is 1.46 bits per heavy atom. The maximum atomic E-state index is 12.1. The number of nitrogens with zero attached hydrogens (tertiary/aromatic N) is 1. The number of fused-ring (bicyclic) bond motifs is 1. The van der Waals surface area contributed by atoms with Crippen LogP contribution in [0.15, 0.2) is 103 Å². The van der Waals surface area contributed by atoms with Crippen molar-refractivity contribution in [2.45, 2.75) is 25.5 Å². The number of aliphatic hydroxyl groups excluding tert-OH is 3. The summed E-state index contributed by atoms with van der Waals surface area (Å²) >= 11 is 12.1. The number of carbonyl (C=O) groups excluding carboxylic acids is 2. The zero-order valence-electron chi connectivity index (χ0n) is 22.4. The molecule has 1 atom stereocenters. The van der Waals surface area contributed by atoms with Crippen molar-refractivity contribution in [3.05, 3.63) is 136 Å². The van der Waals surface area contributed by atoms with Gasteiger partial charge in [-0.15, -0.1) is 0 Å². The van der Waals surface area contributed by atoms with Crippen molar-refractivity contribution >= 4 is 35.5 Å². The van der Waals surface area contributed by atoms with Gasteiger partial charge in [-0.25, -0.2) is 0 Å². The van der Waals surface area contributed by atoms with Gasteiger partial charge in [-0.1, -0.05) is 89.9 Å². The number of aromatic nitrogens is 1. The number of benzene rings is 3. The van der Waals surface area contributed by atoms with E-state index in [4.69, 9.17) is 43.3 Å². The van der Waals surface area contributed by atoms with Crippen LogP contribution in [0.25, 0.3) is 0 Å². The lowest BCUT2D eigenvalue weighted by molar-refractivity contribution is -0.106. The van der Waals surface area contributed by atoms with Crippen LogP contribution in [-0.4, -0.2) is 45.8 Å². The highest BCUT2D eigenvalue weighted by atomic mass is 35.5. The first-order valence-electron chi connectivity index (χ1n) is 12.6. The number of pyridine rings is 1. The summed E-state index contributed by atoms with van der Waals surface area (Å²) in [6, 6.07) is 30.3. The number of primary amides is 1. The van der Waals surface area contributed by atoms with E-state index in [1.165, 1.54) is 0 Å². The van der Waals surface area contributed by atoms with Gasteiger partial charge in [0.1, 0.15) is 0 Å². The maximum absolute atomic E-state index is 12.1. The van der Waals surface area contributed by atoms with Crippen LogP contribution in [-0.2, 0) is 17.8 Å². The van der Waals surface area contributed by atoms with Crippen LogP contribution < -0.4 is 11.1 Å². The molecule has 41 heavy (non-hydrogen) atoms. The normalized spacial score (nSPS) is 12.5. The molecule has 0 aliphatic carbocycles. The molecule has 10 heteroatoms. The molecule has 0 radical (unpaired) electrons. The second-order valence-corrected chi connectivity index (χ2v) is 8.97. The summed E-state index contributed by atoms with van der Waals surface area (Å²) in [6.07, 6.45) is 3.15. The summed E-state index contributed by atoms with van der Waals surface area (Å²) in [5.41, 5.74) is 7.56. The molecule has 6 N–H and O–H groups in total. The van der Waals surface area contributed by atoms with E-state index < -0.39 is 0 Å². The van der Waals surface area contributed by atoms with Gasteiger partial charge in [-0.2, -0.15) is 0 Å². The number of carbonyl (C=O) groups is 2. The predicted octanol–water partition coefficient (Wildman–Crippen LogP) is 4.74. The van der Waals surface area contributed by atoms with Crippen LogP contribution in [0.1, 0.15) is 39.6 Å². The van der Waals surface area contributed by atoms with E-state index in [9.17, 15) is 4.79 Å². The van der Waals surface area contributed by atoms with Crippen LogP contribution >= 0.6 is 23.2 Å². The molecule has 0 fully saturated rings. The third-order valence-electron chi connectivity index (χ3n) is 5.20. The van der Waals surface area contributed by atoms with E-state index >= 15 is 0 Å². The molecule has 0 saturated heterocycles. The van der Waals surface area contributed by atoms with Crippen molar-refractivity contribution in [2.24, 2.45) is 5.73 Å². The standard InChI is InChI=1S/C15H11Cl2NO.C6H7NO.C6H6.C3H8O2.CH3NO/c16-10-5-6-12(13(17)8-10)14-7-9-3-1-2-4-11(9)15(19)18-14;8-5-6-3-1-2-4-7-6;1-2-4-6-5-3-1;4-2-1-3-5;2-1-3/h1-6,8,14H,7H2,(H,18,19);1-4,8H,5H2;1-6H;4-5H,1-3H2;1H,(H2,2,3). The maximum Gasteiger partial charge on any atom is 0.252 e. The SMILES string of the molecule is NC=O.O=C1NC(c2ccc(Cl)cc2Cl)Cc2ccccc21.OCCCO.OCc1ccccn1.c1ccccc1. The number of hydrogen-bond acceptors (Lipinski definition) is 6. The molecule has 0 bridgehead atoms. The highest BCUT2D eigenvalue weighted by Gasteiger charge is 2.26. The van der Waals surface area contributed by atoms with Crippen LogP contribution in [0, 0.1) is 0 Å². The summed E-state index contributed by atoms with van der Waals surface area (Å²) in [7, 11) is 0. The van der Waals surface area contributed by atoms with Gasteiger partial charge < -0.3 is 26.4 Å². The Bertz CT molecular complexity index is 1240. The van der Waals surface area contributed by atoms with Crippen molar-refractivity contribution in [3.8, 4) is 0 Å². The molecule has 1 unspecified atom stereocenters. The van der Waals surface area contributed by atoms with Gasteiger partial charge in [-0.05, 0) is 54.3 Å². The van der Waals surface area contributed by atoms with Gasteiger partial charge in [0.25, 0.3) is 5.91 Å². The summed E-state index contributed by atoms with van der Waals surface area (Å²) in [6.45, 7) is 0.216. The number of aliphatic hydroxyl groups is 3. The van der Waals surface area contributed by atoms with Gasteiger partial charge in [0.2, 0.25) is 6.41 Å². The highest BCUT2D eigenvalue weighted by molar-refractivity contribution is 6.35. The van der Waals surface area contributed by atoms with E-state index in [1.807, 2.05) is 78.9 Å². The first-order chi connectivity index (χ1) is 19.9. The van der Waals surface area contributed by atoms with E-state index in [0.717, 1.165) is 23.1 Å². The Morgan fingerprint density at radius 3 is 1.93 bits per heavy atom. The minimum absolute atomic E-state index is 0.0286. The zero-order valence-corrected chi connectivity index (χ0v) is 24.0. The molecule has 218 valence electrons. The second-order valence-electron chi connectivity index (χ2n) is 8.12. The van der Waals surface area contributed by atoms with Gasteiger partial charge in [-0.3, -0.25) is 14.6 Å². The first-order valence-corrected chi connectivity index (χ1v) is 13.4. The molecule has 1 aromatic heterocycles. The summed E-state index contributed by atoms with van der Waals surface area (Å²) < 4.78 is 0. The third kappa shape index (κ3) is 14.4. The average Bonchev–Trinajstić information content (AvgIpc) is 3.00. The molecule has 2 heterocycles. The summed E-state index contributed by atoms with van der Waals surface area (Å²) in [5, 5.41) is 28.4. The van der Waals surface area contributed by atoms with Gasteiger partial charge >= 0.3 is 0 Å². The topological polar surface area (TPSA) is 146 Å². The fraction of sp³-hybridized carbons (Fsp3) is 0.194. The quantitative estimate of drug-likeness (QED) is 0.214. The molecule has 3 aromatic carbocycles. The van der Waals surface area contributed by atoms with Gasteiger partial charge in [0.15, 0.2) is 0 Å². The fourth-order valence-corrected chi connectivity index (χ4v) is 3.89. The minimum Gasteiger partial charge on any atom is -0.396 e. The molecule has 4 aromatic rings. The van der Waals surface area contributed by atoms with E-state index in [-0.39, 0.29) is 38.2 Å². The molecule has 8 nitrogen and oxygen atoms in total. The van der Waals surface area contributed by atoms with E-state index in [0.29, 0.717) is 22.2 Å². The van der Waals surface area contributed by atoms with Crippen LogP contribution in [0.3, 0.4) is 0 Å². The van der Waals surface area contributed by atoms with Crippen molar-refractivity contribution in [1.29, 1.82) is 0 Å². The van der Waals surface area contributed by atoms with Crippen LogP contribution in [0.2, 0.25) is 10.0 Å². The number of nitrogens with one attached hydrogen (secondary N) is 1. The zero-order chi connectivity index (χ0) is 30.3. The van der Waals surface area contributed by atoms with E-state index in [2.05, 4.69) is 16.0 Å². The Balaban J connectivity index is 0.000000314. The van der Waals surface area contributed by atoms with Gasteiger partial charge in [0.05, 0.1) is 18.3 Å². The Kier molecular flexibility index (Phi) is 18.9. The van der Waals surface area contributed by atoms with Crippen molar-refractivity contribution < 1.29 is 24.9 Å². The largest absolute Gasteiger partial charge is 0.396 e. The summed E-state index contributed by atoms with van der Waals surface area (Å²) in [4.78, 5) is 24.5. The lowest BCUT2D eigenvalue weighted by Gasteiger charge is -2.26. The Morgan fingerprint density at radius 1 is 0.878 bits per heavy atom. The number of nitrogens with two attached hydrogens (primary N) is 1. The lowest BCUT2D eigenvalue weighted by atomic mass is 9.91. The smallest absolute Gasteiger partial charge is 0.252 e. The molecule has 1 aliphatic rings. The van der Waals surface area contributed by atoms with Crippen molar-refractivity contribution in [2.75, 3.05) is 13.2 Å².